The van der Waals surface area contributed by atoms with Gasteiger partial charge in [-0.3, -0.25) is 9.59 Å². The van der Waals surface area contributed by atoms with Crippen LogP contribution in [-0.4, -0.2) is 56.3 Å². The Bertz CT molecular complexity index is 1130. The number of piperidine rings is 1. The Morgan fingerprint density at radius 3 is 2.59 bits per heavy atom. The molecule has 1 aliphatic rings. The summed E-state index contributed by atoms with van der Waals surface area (Å²) < 4.78 is 28.4. The highest BCUT2D eigenvalue weighted by atomic mass is 32.2. The Labute approximate surface area is 185 Å². The monoisotopic (exact) mass is 462 g/mol. The van der Waals surface area contributed by atoms with Crippen molar-refractivity contribution in [3.05, 3.63) is 42.5 Å². The number of nitrogens with one attached hydrogen (secondary N) is 1. The van der Waals surface area contributed by atoms with E-state index in [0.717, 1.165) is 10.8 Å². The van der Waals surface area contributed by atoms with E-state index in [0.29, 0.717) is 12.8 Å². The molecule has 1 unspecified atom stereocenters. The molecular formula is C20H26N6O5S. The van der Waals surface area contributed by atoms with Crippen LogP contribution in [0.25, 0.3) is 10.8 Å². The number of amides is 2. The number of likely N-dealkylation sites (tertiary alicyclic amines) is 1. The van der Waals surface area contributed by atoms with Gasteiger partial charge in [-0.05, 0) is 40.9 Å². The molecule has 1 saturated heterocycles. The second-order valence-electron chi connectivity index (χ2n) is 7.41. The quantitative estimate of drug-likeness (QED) is 0.168. The molecule has 0 radical (unpaired) electrons. The molecule has 0 spiro atoms. The molecule has 0 bridgehead atoms. The molecule has 32 heavy (non-hydrogen) atoms. The van der Waals surface area contributed by atoms with Gasteiger partial charge in [0.2, 0.25) is 27.8 Å². The fraction of sp³-hybridized carbons (Fsp3) is 0.350. The minimum atomic E-state index is -3.97. The lowest BCUT2D eigenvalue weighted by molar-refractivity contribution is -0.143. The van der Waals surface area contributed by atoms with Crippen molar-refractivity contribution in [2.24, 2.45) is 22.4 Å². The molecule has 1 aliphatic heterocycles. The number of carbonyl (C=O) groups excluding carboxylic acids is 2. The van der Waals surface area contributed by atoms with Gasteiger partial charge in [0.05, 0.1) is 4.90 Å². The normalized spacial score (nSPS) is 17.7. The second kappa shape index (κ2) is 9.83. The first-order valence-corrected chi connectivity index (χ1v) is 11.5. The summed E-state index contributed by atoms with van der Waals surface area (Å²) in [5.41, 5.74) is 15.8. The highest BCUT2D eigenvalue weighted by molar-refractivity contribution is 7.89. The number of benzene rings is 2. The fourth-order valence-electron chi connectivity index (χ4n) is 3.64. The van der Waals surface area contributed by atoms with Gasteiger partial charge in [0.25, 0.3) is 0 Å². The Kier molecular flexibility index (Phi) is 7.15. The van der Waals surface area contributed by atoms with Crippen molar-refractivity contribution in [3.63, 3.8) is 0 Å². The Morgan fingerprint density at radius 1 is 1.19 bits per heavy atom. The van der Waals surface area contributed by atoms with E-state index in [9.17, 15) is 18.0 Å². The number of sulfonamides is 1. The number of oxime groups is 1. The van der Waals surface area contributed by atoms with Gasteiger partial charge in [-0.2, -0.15) is 4.72 Å². The molecule has 1 fully saturated rings. The third-order valence-electron chi connectivity index (χ3n) is 5.16. The van der Waals surface area contributed by atoms with Crippen LogP contribution in [0.2, 0.25) is 0 Å². The summed E-state index contributed by atoms with van der Waals surface area (Å²) in [6.45, 7) is 0.214. The van der Waals surface area contributed by atoms with Crippen molar-refractivity contribution in [2.45, 2.75) is 36.2 Å². The van der Waals surface area contributed by atoms with Gasteiger partial charge >= 0.3 is 0 Å². The predicted molar refractivity (Wildman–Crippen MR) is 118 cm³/mol. The number of guanidine groups is 1. The first-order chi connectivity index (χ1) is 15.2. The maximum atomic E-state index is 13.0. The SMILES string of the molecule is NC(=O)C(CCON=C(N)N)N1CCC[C@H](NS(=O)(=O)c2ccc3ccccc3c2)C1=O. The molecule has 2 amide bonds. The topological polar surface area (TPSA) is 183 Å². The highest BCUT2D eigenvalue weighted by Gasteiger charge is 2.37. The van der Waals surface area contributed by atoms with Crippen LogP contribution in [0, 0.1) is 0 Å². The van der Waals surface area contributed by atoms with Gasteiger partial charge in [0.15, 0.2) is 0 Å². The van der Waals surface area contributed by atoms with E-state index in [4.69, 9.17) is 22.0 Å². The lowest BCUT2D eigenvalue weighted by Crippen LogP contribution is -2.58. The van der Waals surface area contributed by atoms with Crippen LogP contribution in [0.15, 0.2) is 52.5 Å². The molecule has 3 rings (SSSR count). The molecule has 0 aromatic heterocycles. The molecule has 0 saturated carbocycles. The number of primary amides is 1. The van der Waals surface area contributed by atoms with Gasteiger partial charge < -0.3 is 26.9 Å². The lowest BCUT2D eigenvalue weighted by Gasteiger charge is -2.36. The van der Waals surface area contributed by atoms with Gasteiger partial charge in [-0.25, -0.2) is 8.42 Å². The van der Waals surface area contributed by atoms with E-state index in [1.807, 2.05) is 24.3 Å². The summed E-state index contributed by atoms with van der Waals surface area (Å²) in [5, 5.41) is 5.03. The number of fused-ring (bicyclic) bond motifs is 1. The number of nitrogens with zero attached hydrogens (tertiary/aromatic N) is 2. The van der Waals surface area contributed by atoms with Crippen LogP contribution in [0.1, 0.15) is 19.3 Å². The van der Waals surface area contributed by atoms with E-state index >= 15 is 0 Å². The number of nitrogens with two attached hydrogens (primary N) is 3. The van der Waals surface area contributed by atoms with Crippen LogP contribution in [-0.2, 0) is 24.4 Å². The molecule has 2 aromatic rings. The summed E-state index contributed by atoms with van der Waals surface area (Å²) in [7, 11) is -3.97. The number of hydrogen-bond donors (Lipinski definition) is 4. The standard InChI is InChI=1S/C20H26N6O5S/c21-18(27)17(9-11-31-24-20(22)23)26-10-3-6-16(19(26)28)25-32(29,30)15-8-7-13-4-1-2-5-14(13)12-15/h1-2,4-5,7-8,12,16-17,25H,3,6,9-11H2,(H2,21,27)(H4,22,23,24)/t16-,17?/m0/s1. The molecule has 12 heteroatoms. The van der Waals surface area contributed by atoms with Crippen molar-refractivity contribution in [1.29, 1.82) is 0 Å². The van der Waals surface area contributed by atoms with Crippen molar-refractivity contribution in [1.82, 2.24) is 9.62 Å². The number of rotatable bonds is 9. The number of carbonyl (C=O) groups is 2. The number of hydrogen-bond acceptors (Lipinski definition) is 6. The zero-order valence-corrected chi connectivity index (χ0v) is 18.1. The predicted octanol–water partition coefficient (Wildman–Crippen LogP) is -0.442. The summed E-state index contributed by atoms with van der Waals surface area (Å²) in [4.78, 5) is 31.2. The first-order valence-electron chi connectivity index (χ1n) is 10.0. The van der Waals surface area contributed by atoms with Crippen LogP contribution < -0.4 is 21.9 Å². The summed E-state index contributed by atoms with van der Waals surface area (Å²) in [6.07, 6.45) is 0.856. The Morgan fingerprint density at radius 2 is 1.91 bits per heavy atom. The Hall–Kier alpha value is -3.38. The minimum absolute atomic E-state index is 0.0528. The van der Waals surface area contributed by atoms with Crippen molar-refractivity contribution >= 4 is 38.6 Å². The second-order valence-corrected chi connectivity index (χ2v) is 9.13. The average molecular weight is 463 g/mol. The van der Waals surface area contributed by atoms with E-state index in [-0.39, 0.29) is 30.4 Å². The maximum absolute atomic E-state index is 13.0. The molecule has 11 nitrogen and oxygen atoms in total. The van der Waals surface area contributed by atoms with Gasteiger partial charge in [-0.1, -0.05) is 30.3 Å². The fourth-order valence-corrected chi connectivity index (χ4v) is 4.90. The molecule has 0 aliphatic carbocycles. The largest absolute Gasteiger partial charge is 0.393 e. The Balaban J connectivity index is 1.74. The van der Waals surface area contributed by atoms with E-state index < -0.39 is 33.9 Å². The van der Waals surface area contributed by atoms with Crippen LogP contribution >= 0.6 is 0 Å². The third-order valence-corrected chi connectivity index (χ3v) is 6.63. The van der Waals surface area contributed by atoms with Crippen molar-refractivity contribution in [2.75, 3.05) is 13.2 Å². The zero-order chi connectivity index (χ0) is 23.3. The van der Waals surface area contributed by atoms with E-state index in [1.54, 1.807) is 12.1 Å². The molecule has 2 aromatic carbocycles. The van der Waals surface area contributed by atoms with Crippen LogP contribution in [0.4, 0.5) is 0 Å². The van der Waals surface area contributed by atoms with Gasteiger partial charge in [-0.15, -0.1) is 0 Å². The van der Waals surface area contributed by atoms with Crippen molar-refractivity contribution < 1.29 is 22.8 Å². The van der Waals surface area contributed by atoms with E-state index in [2.05, 4.69) is 9.88 Å². The average Bonchev–Trinajstić information content (AvgIpc) is 2.75. The van der Waals surface area contributed by atoms with Crippen LogP contribution in [0.3, 0.4) is 0 Å². The minimum Gasteiger partial charge on any atom is -0.393 e. The maximum Gasteiger partial charge on any atom is 0.241 e. The molecule has 1 heterocycles. The molecule has 172 valence electrons. The van der Waals surface area contributed by atoms with Gasteiger partial charge in [0.1, 0.15) is 18.7 Å². The molecule has 2 atom stereocenters. The van der Waals surface area contributed by atoms with Crippen molar-refractivity contribution in [3.8, 4) is 0 Å². The molecular weight excluding hydrogens is 436 g/mol. The third kappa shape index (κ3) is 5.45. The van der Waals surface area contributed by atoms with Gasteiger partial charge in [0, 0.05) is 13.0 Å². The van der Waals surface area contributed by atoms with E-state index in [1.165, 1.54) is 11.0 Å². The first kappa shape index (κ1) is 23.3. The summed E-state index contributed by atoms with van der Waals surface area (Å²) >= 11 is 0. The zero-order valence-electron chi connectivity index (χ0n) is 17.3. The molecule has 7 N–H and O–H groups in total. The smallest absolute Gasteiger partial charge is 0.241 e. The summed E-state index contributed by atoms with van der Waals surface area (Å²) in [6, 6.07) is 10.1. The summed E-state index contributed by atoms with van der Waals surface area (Å²) in [5.74, 6) is -1.53. The van der Waals surface area contributed by atoms with Crippen LogP contribution in [0.5, 0.6) is 0 Å². The highest BCUT2D eigenvalue weighted by Crippen LogP contribution is 2.22. The lowest BCUT2D eigenvalue weighted by atomic mass is 10.0.